The van der Waals surface area contributed by atoms with E-state index in [4.69, 9.17) is 11.0 Å². The summed E-state index contributed by atoms with van der Waals surface area (Å²) in [6.07, 6.45) is -3.96. The van der Waals surface area contributed by atoms with Crippen molar-refractivity contribution in [2.24, 2.45) is 0 Å². The molecule has 4 nitrogen and oxygen atoms in total. The first kappa shape index (κ1) is 14.6. The van der Waals surface area contributed by atoms with Crippen molar-refractivity contribution in [2.45, 2.75) is 36.9 Å². The molecule has 0 radical (unpaired) electrons. The summed E-state index contributed by atoms with van der Waals surface area (Å²) in [6, 6.07) is 1.39. The van der Waals surface area contributed by atoms with E-state index in [0.29, 0.717) is 0 Å². The number of nitrogens with two attached hydrogens (primary N) is 1. The first-order valence-corrected chi connectivity index (χ1v) is 5.99. The normalized spacial score (nSPS) is 13.1. The zero-order chi connectivity index (χ0) is 13.9. The molecule has 0 unspecified atom stereocenters. The smallest absolute Gasteiger partial charge is 0.382 e. The number of aromatic nitrogens is 2. The van der Waals surface area contributed by atoms with Gasteiger partial charge >= 0.3 is 6.18 Å². The molecule has 1 heterocycles. The molecule has 0 spiro atoms. The third-order valence-electron chi connectivity index (χ3n) is 2.18. The maximum atomic E-state index is 12.7. The summed E-state index contributed by atoms with van der Waals surface area (Å²) in [7, 11) is 0. The second kappa shape index (κ2) is 5.44. The van der Waals surface area contributed by atoms with E-state index in [1.54, 1.807) is 0 Å². The van der Waals surface area contributed by atoms with Gasteiger partial charge in [-0.05, 0) is 6.42 Å². The number of anilines is 1. The van der Waals surface area contributed by atoms with Gasteiger partial charge in [-0.1, -0.05) is 25.6 Å². The molecule has 1 aromatic rings. The van der Waals surface area contributed by atoms with Gasteiger partial charge in [-0.25, -0.2) is 9.97 Å². The third kappa shape index (κ3) is 3.26. The van der Waals surface area contributed by atoms with Crippen LogP contribution in [-0.2, 0) is 6.18 Å². The Morgan fingerprint density at radius 1 is 1.44 bits per heavy atom. The van der Waals surface area contributed by atoms with Crippen LogP contribution in [0.25, 0.3) is 0 Å². The van der Waals surface area contributed by atoms with Crippen LogP contribution < -0.4 is 5.73 Å². The third-order valence-corrected chi connectivity index (χ3v) is 3.31. The molecule has 18 heavy (non-hydrogen) atoms. The average Bonchev–Trinajstić information content (AvgIpc) is 2.27. The molecule has 0 saturated heterocycles. The Hall–Kier alpha value is -1.49. The molecular formula is C10H11F3N4S. The van der Waals surface area contributed by atoms with Gasteiger partial charge in [0, 0.05) is 5.25 Å². The molecule has 0 aromatic carbocycles. The number of nitrogens with zero attached hydrogens (tertiary/aromatic N) is 3. The number of hydrogen-bond donors (Lipinski definition) is 1. The van der Waals surface area contributed by atoms with E-state index in [-0.39, 0.29) is 10.4 Å². The molecule has 8 heteroatoms. The summed E-state index contributed by atoms with van der Waals surface area (Å²) >= 11 is 1.10. The molecule has 98 valence electrons. The Kier molecular flexibility index (Phi) is 4.40. The summed E-state index contributed by atoms with van der Waals surface area (Å²) < 4.78 is 38.1. The predicted octanol–water partition coefficient (Wildman–Crippen LogP) is 2.84. The van der Waals surface area contributed by atoms with Crippen molar-refractivity contribution < 1.29 is 13.2 Å². The van der Waals surface area contributed by atoms with Crippen LogP contribution in [0.15, 0.2) is 5.16 Å². The lowest BCUT2D eigenvalue weighted by molar-refractivity contribution is -0.141. The van der Waals surface area contributed by atoms with Gasteiger partial charge < -0.3 is 5.73 Å². The van der Waals surface area contributed by atoms with Crippen molar-refractivity contribution in [3.05, 3.63) is 11.3 Å². The topological polar surface area (TPSA) is 75.6 Å². The van der Waals surface area contributed by atoms with Gasteiger partial charge in [-0.2, -0.15) is 18.4 Å². The molecule has 0 bridgehead atoms. The van der Waals surface area contributed by atoms with Crippen LogP contribution in [0.4, 0.5) is 19.0 Å². The van der Waals surface area contributed by atoms with Crippen molar-refractivity contribution in [1.29, 1.82) is 5.26 Å². The van der Waals surface area contributed by atoms with Crippen molar-refractivity contribution in [3.63, 3.8) is 0 Å². The van der Waals surface area contributed by atoms with Crippen molar-refractivity contribution in [3.8, 4) is 6.07 Å². The Balaban J connectivity index is 3.28. The van der Waals surface area contributed by atoms with E-state index in [0.717, 1.165) is 18.2 Å². The summed E-state index contributed by atoms with van der Waals surface area (Å²) in [4.78, 5) is 7.10. The molecule has 0 aliphatic rings. The number of nitriles is 1. The maximum absolute atomic E-state index is 12.7. The zero-order valence-corrected chi connectivity index (χ0v) is 10.6. The van der Waals surface area contributed by atoms with Gasteiger partial charge in [0.15, 0.2) is 10.9 Å². The molecule has 1 atom stereocenters. The fourth-order valence-corrected chi connectivity index (χ4v) is 1.91. The largest absolute Gasteiger partial charge is 0.434 e. The molecular weight excluding hydrogens is 265 g/mol. The Morgan fingerprint density at radius 2 is 2.06 bits per heavy atom. The van der Waals surface area contributed by atoms with E-state index in [2.05, 4.69) is 9.97 Å². The first-order valence-electron chi connectivity index (χ1n) is 5.11. The molecule has 1 aromatic heterocycles. The van der Waals surface area contributed by atoms with E-state index in [1.807, 2.05) is 13.8 Å². The maximum Gasteiger partial charge on any atom is 0.434 e. The molecule has 2 N–H and O–H groups in total. The Bertz CT molecular complexity index is 481. The van der Waals surface area contributed by atoms with Crippen LogP contribution in [0.2, 0.25) is 0 Å². The van der Waals surface area contributed by atoms with E-state index < -0.39 is 23.3 Å². The average molecular weight is 276 g/mol. The lowest BCUT2D eigenvalue weighted by Crippen LogP contribution is -2.15. The fourth-order valence-electron chi connectivity index (χ4n) is 1.09. The number of rotatable bonds is 3. The van der Waals surface area contributed by atoms with Gasteiger partial charge in [0.1, 0.15) is 17.5 Å². The van der Waals surface area contributed by atoms with Crippen LogP contribution >= 0.6 is 11.8 Å². The molecule has 0 aliphatic heterocycles. The van der Waals surface area contributed by atoms with Crippen LogP contribution in [0.1, 0.15) is 31.5 Å². The van der Waals surface area contributed by atoms with Gasteiger partial charge in [-0.15, -0.1) is 0 Å². The van der Waals surface area contributed by atoms with E-state index in [1.165, 1.54) is 6.07 Å². The minimum Gasteiger partial charge on any atom is -0.382 e. The highest BCUT2D eigenvalue weighted by Gasteiger charge is 2.37. The first-order chi connectivity index (χ1) is 8.29. The number of alkyl halides is 3. The number of thioether (sulfide) groups is 1. The van der Waals surface area contributed by atoms with Crippen molar-refractivity contribution in [1.82, 2.24) is 9.97 Å². The molecule has 0 aliphatic carbocycles. The quantitative estimate of drug-likeness (QED) is 0.678. The molecule has 0 amide bonds. The second-order valence-electron chi connectivity index (χ2n) is 3.56. The van der Waals surface area contributed by atoms with E-state index in [9.17, 15) is 13.2 Å². The van der Waals surface area contributed by atoms with Crippen molar-refractivity contribution >= 4 is 17.6 Å². The van der Waals surface area contributed by atoms with Crippen LogP contribution in [0, 0.1) is 11.3 Å². The van der Waals surface area contributed by atoms with Crippen LogP contribution in [0.3, 0.4) is 0 Å². The Morgan fingerprint density at radius 3 is 2.50 bits per heavy atom. The fraction of sp³-hybridized carbons (Fsp3) is 0.500. The summed E-state index contributed by atoms with van der Waals surface area (Å²) in [5, 5.41) is 8.67. The predicted molar refractivity (Wildman–Crippen MR) is 61.8 cm³/mol. The SMILES string of the molecule is CC[C@H](C)Sc1nc(N)c(C#N)c(C(F)(F)F)n1. The summed E-state index contributed by atoms with van der Waals surface area (Å²) in [6.45, 7) is 3.74. The van der Waals surface area contributed by atoms with Gasteiger partial charge in [0.05, 0.1) is 0 Å². The highest BCUT2D eigenvalue weighted by Crippen LogP contribution is 2.34. The lowest BCUT2D eigenvalue weighted by Gasteiger charge is -2.12. The highest BCUT2D eigenvalue weighted by molar-refractivity contribution is 7.99. The summed E-state index contributed by atoms with van der Waals surface area (Å²) in [5.41, 5.74) is 3.36. The van der Waals surface area contributed by atoms with Gasteiger partial charge in [0.2, 0.25) is 0 Å². The van der Waals surface area contributed by atoms with E-state index >= 15 is 0 Å². The highest BCUT2D eigenvalue weighted by atomic mass is 32.2. The van der Waals surface area contributed by atoms with Gasteiger partial charge in [0.25, 0.3) is 0 Å². The lowest BCUT2D eigenvalue weighted by atomic mass is 10.2. The summed E-state index contributed by atoms with van der Waals surface area (Å²) in [5.74, 6) is -0.439. The standard InChI is InChI=1S/C10H11F3N4S/c1-3-5(2)18-9-16-7(10(11,12)13)6(4-14)8(15)17-9/h5H,3H2,1-2H3,(H2,15,16,17)/t5-/m0/s1. The number of hydrogen-bond acceptors (Lipinski definition) is 5. The number of nitrogen functional groups attached to an aromatic ring is 1. The molecule has 1 rings (SSSR count). The molecule has 0 saturated carbocycles. The number of halogens is 3. The minimum atomic E-state index is -4.72. The monoisotopic (exact) mass is 276 g/mol. The molecule has 0 fully saturated rings. The minimum absolute atomic E-state index is 0.0619. The Labute approximate surface area is 106 Å². The second-order valence-corrected chi connectivity index (χ2v) is 4.97. The van der Waals surface area contributed by atoms with Gasteiger partial charge in [-0.3, -0.25) is 0 Å². The van der Waals surface area contributed by atoms with Crippen LogP contribution in [0.5, 0.6) is 0 Å². The van der Waals surface area contributed by atoms with Crippen LogP contribution in [-0.4, -0.2) is 15.2 Å². The van der Waals surface area contributed by atoms with Crippen molar-refractivity contribution in [2.75, 3.05) is 5.73 Å². The zero-order valence-electron chi connectivity index (χ0n) is 9.75.